The van der Waals surface area contributed by atoms with Crippen LogP contribution in [0.25, 0.3) is 0 Å². The van der Waals surface area contributed by atoms with Gasteiger partial charge in [0.15, 0.2) is 0 Å². The van der Waals surface area contributed by atoms with Gasteiger partial charge >= 0.3 is 0 Å². The van der Waals surface area contributed by atoms with Gasteiger partial charge in [0.25, 0.3) is 0 Å². The first kappa shape index (κ1) is 9.53. The van der Waals surface area contributed by atoms with Crippen molar-refractivity contribution in [2.45, 2.75) is 25.8 Å². The van der Waals surface area contributed by atoms with Gasteiger partial charge in [-0.15, -0.1) is 0 Å². The summed E-state index contributed by atoms with van der Waals surface area (Å²) in [5, 5.41) is 0. The zero-order valence-corrected chi connectivity index (χ0v) is 8.79. The summed E-state index contributed by atoms with van der Waals surface area (Å²) >= 11 is 0. The van der Waals surface area contributed by atoms with Crippen LogP contribution in [0.15, 0.2) is 18.2 Å². The van der Waals surface area contributed by atoms with Crippen molar-refractivity contribution in [1.82, 2.24) is 0 Å². The summed E-state index contributed by atoms with van der Waals surface area (Å²) in [5.74, 6) is 1.56. The average molecular weight is 191 g/mol. The van der Waals surface area contributed by atoms with Gasteiger partial charge in [-0.2, -0.15) is 0 Å². The molecule has 2 unspecified atom stereocenters. The van der Waals surface area contributed by atoms with Crippen molar-refractivity contribution in [2.24, 2.45) is 11.7 Å². The SMILES string of the molecule is COc1ccc2c(c1)CC(C(C)N)C2. The van der Waals surface area contributed by atoms with Gasteiger partial charge in [0.2, 0.25) is 0 Å². The fourth-order valence-corrected chi connectivity index (χ4v) is 2.13. The Morgan fingerprint density at radius 1 is 1.36 bits per heavy atom. The minimum Gasteiger partial charge on any atom is -0.497 e. The molecule has 0 heterocycles. The molecule has 2 nitrogen and oxygen atoms in total. The van der Waals surface area contributed by atoms with Gasteiger partial charge in [0.05, 0.1) is 7.11 Å². The lowest BCUT2D eigenvalue weighted by atomic mass is 9.99. The first-order valence-corrected chi connectivity index (χ1v) is 5.12. The minimum atomic E-state index is 0.286. The number of methoxy groups -OCH3 is 1. The molecule has 0 saturated heterocycles. The molecule has 0 fully saturated rings. The van der Waals surface area contributed by atoms with Crippen molar-refractivity contribution in [3.63, 3.8) is 0 Å². The molecule has 0 amide bonds. The molecule has 0 radical (unpaired) electrons. The van der Waals surface area contributed by atoms with Gasteiger partial charge < -0.3 is 10.5 Å². The van der Waals surface area contributed by atoms with E-state index >= 15 is 0 Å². The van der Waals surface area contributed by atoms with Crippen molar-refractivity contribution < 1.29 is 4.74 Å². The molecule has 0 aliphatic heterocycles. The summed E-state index contributed by atoms with van der Waals surface area (Å²) in [7, 11) is 1.71. The molecule has 1 aromatic carbocycles. The number of hydrogen-bond donors (Lipinski definition) is 1. The Morgan fingerprint density at radius 3 is 2.71 bits per heavy atom. The molecule has 2 rings (SSSR count). The highest BCUT2D eigenvalue weighted by Crippen LogP contribution is 2.30. The Labute approximate surface area is 85.1 Å². The van der Waals surface area contributed by atoms with Crippen LogP contribution in [0.4, 0.5) is 0 Å². The first-order valence-electron chi connectivity index (χ1n) is 5.12. The number of benzene rings is 1. The molecule has 14 heavy (non-hydrogen) atoms. The fourth-order valence-electron chi connectivity index (χ4n) is 2.13. The Kier molecular flexibility index (Phi) is 2.46. The molecule has 1 aliphatic rings. The quantitative estimate of drug-likeness (QED) is 0.773. The number of fused-ring (bicyclic) bond motifs is 1. The third-order valence-electron chi connectivity index (χ3n) is 3.12. The highest BCUT2D eigenvalue weighted by Gasteiger charge is 2.24. The lowest BCUT2D eigenvalue weighted by Crippen LogP contribution is -2.26. The van der Waals surface area contributed by atoms with E-state index in [0.717, 1.165) is 18.6 Å². The maximum absolute atomic E-state index is 5.92. The zero-order chi connectivity index (χ0) is 10.1. The van der Waals surface area contributed by atoms with E-state index in [-0.39, 0.29) is 6.04 Å². The second-order valence-corrected chi connectivity index (χ2v) is 4.16. The maximum Gasteiger partial charge on any atom is 0.119 e. The second kappa shape index (κ2) is 3.62. The topological polar surface area (TPSA) is 35.2 Å². The van der Waals surface area contributed by atoms with Crippen LogP contribution in [0, 0.1) is 5.92 Å². The molecule has 0 spiro atoms. The molecule has 0 saturated carbocycles. The lowest BCUT2D eigenvalue weighted by molar-refractivity contribution is 0.414. The maximum atomic E-state index is 5.92. The normalized spacial score (nSPS) is 21.8. The standard InChI is InChI=1S/C12H17NO/c1-8(13)10-5-9-3-4-12(14-2)7-11(9)6-10/h3-4,7-8,10H,5-6,13H2,1-2H3. The molecule has 2 N–H and O–H groups in total. The number of ether oxygens (including phenoxy) is 1. The molecule has 0 bridgehead atoms. The molecular weight excluding hydrogens is 174 g/mol. The monoisotopic (exact) mass is 191 g/mol. The highest BCUT2D eigenvalue weighted by atomic mass is 16.5. The molecule has 1 aliphatic carbocycles. The predicted molar refractivity (Wildman–Crippen MR) is 57.5 cm³/mol. The van der Waals surface area contributed by atoms with Crippen molar-refractivity contribution in [2.75, 3.05) is 7.11 Å². The average Bonchev–Trinajstić information content (AvgIpc) is 2.59. The van der Waals surface area contributed by atoms with E-state index in [9.17, 15) is 0 Å². The van der Waals surface area contributed by atoms with Gasteiger partial charge in [-0.25, -0.2) is 0 Å². The summed E-state index contributed by atoms with van der Waals surface area (Å²) in [4.78, 5) is 0. The van der Waals surface area contributed by atoms with Crippen molar-refractivity contribution in [3.8, 4) is 5.75 Å². The molecule has 76 valence electrons. The smallest absolute Gasteiger partial charge is 0.119 e. The van der Waals surface area contributed by atoms with E-state index in [1.54, 1.807) is 7.11 Å². The Hall–Kier alpha value is -1.02. The molecule has 0 aromatic heterocycles. The van der Waals surface area contributed by atoms with Crippen molar-refractivity contribution in [3.05, 3.63) is 29.3 Å². The molecule has 2 heteroatoms. The highest BCUT2D eigenvalue weighted by molar-refractivity contribution is 5.39. The largest absolute Gasteiger partial charge is 0.497 e. The van der Waals surface area contributed by atoms with E-state index in [4.69, 9.17) is 10.5 Å². The van der Waals surface area contributed by atoms with E-state index < -0.39 is 0 Å². The molecule has 1 aromatic rings. The van der Waals surface area contributed by atoms with Crippen LogP contribution in [-0.2, 0) is 12.8 Å². The van der Waals surface area contributed by atoms with Crippen LogP contribution in [-0.4, -0.2) is 13.2 Å². The zero-order valence-electron chi connectivity index (χ0n) is 8.79. The van der Waals surface area contributed by atoms with Crippen LogP contribution in [0.3, 0.4) is 0 Å². The van der Waals surface area contributed by atoms with E-state index in [1.807, 2.05) is 6.07 Å². The number of hydrogen-bond acceptors (Lipinski definition) is 2. The Bertz CT molecular complexity index is 333. The Balaban J connectivity index is 2.22. The van der Waals surface area contributed by atoms with Gasteiger partial charge in [-0.3, -0.25) is 0 Å². The number of nitrogens with two attached hydrogens (primary N) is 1. The Morgan fingerprint density at radius 2 is 2.07 bits per heavy atom. The van der Waals surface area contributed by atoms with Crippen LogP contribution in [0.1, 0.15) is 18.1 Å². The molecule has 2 atom stereocenters. The summed E-state index contributed by atoms with van der Waals surface area (Å²) in [6, 6.07) is 6.62. The predicted octanol–water partition coefficient (Wildman–Crippen LogP) is 1.76. The summed E-state index contributed by atoms with van der Waals surface area (Å²) in [5.41, 5.74) is 8.76. The van der Waals surface area contributed by atoms with Crippen molar-refractivity contribution in [1.29, 1.82) is 0 Å². The third-order valence-corrected chi connectivity index (χ3v) is 3.12. The fraction of sp³-hybridized carbons (Fsp3) is 0.500. The van der Waals surface area contributed by atoms with Gasteiger partial charge in [-0.1, -0.05) is 6.07 Å². The van der Waals surface area contributed by atoms with E-state index in [2.05, 4.69) is 19.1 Å². The molecular formula is C12H17NO. The van der Waals surface area contributed by atoms with Gasteiger partial charge in [0, 0.05) is 6.04 Å². The second-order valence-electron chi connectivity index (χ2n) is 4.16. The summed E-state index contributed by atoms with van der Waals surface area (Å²) in [6.07, 6.45) is 2.22. The third kappa shape index (κ3) is 1.62. The van der Waals surface area contributed by atoms with Gasteiger partial charge in [-0.05, 0) is 48.9 Å². The van der Waals surface area contributed by atoms with Gasteiger partial charge in [0.1, 0.15) is 5.75 Å². The summed E-state index contributed by atoms with van der Waals surface area (Å²) in [6.45, 7) is 2.09. The minimum absolute atomic E-state index is 0.286. The lowest BCUT2D eigenvalue weighted by Gasteiger charge is -2.12. The van der Waals surface area contributed by atoms with E-state index in [1.165, 1.54) is 11.1 Å². The summed E-state index contributed by atoms with van der Waals surface area (Å²) < 4.78 is 5.20. The van der Waals surface area contributed by atoms with E-state index in [0.29, 0.717) is 5.92 Å². The van der Waals surface area contributed by atoms with Crippen LogP contribution < -0.4 is 10.5 Å². The first-order chi connectivity index (χ1) is 6.70. The van der Waals surface area contributed by atoms with Crippen molar-refractivity contribution >= 4 is 0 Å². The number of rotatable bonds is 2. The van der Waals surface area contributed by atoms with Crippen LogP contribution in [0.5, 0.6) is 5.75 Å². The van der Waals surface area contributed by atoms with Crippen LogP contribution in [0.2, 0.25) is 0 Å². The van der Waals surface area contributed by atoms with Crippen LogP contribution >= 0.6 is 0 Å².